The number of ether oxygens (including phenoxy) is 1. The van der Waals surface area contributed by atoms with Crippen LogP contribution in [0.3, 0.4) is 0 Å². The highest BCUT2D eigenvalue weighted by atomic mass is 35.7. The summed E-state index contributed by atoms with van der Waals surface area (Å²) in [5.41, 5.74) is 2.18. The lowest BCUT2D eigenvalue weighted by Gasteiger charge is -2.07. The van der Waals surface area contributed by atoms with Crippen molar-refractivity contribution in [2.24, 2.45) is 0 Å². The Morgan fingerprint density at radius 3 is 2.47 bits per heavy atom. The maximum Gasteiger partial charge on any atom is 0.265 e. The third-order valence-electron chi connectivity index (χ3n) is 2.85. The smallest absolute Gasteiger partial charge is 0.265 e. The van der Waals surface area contributed by atoms with E-state index in [0.29, 0.717) is 11.3 Å². The molecule has 0 atom stereocenters. The van der Waals surface area contributed by atoms with Gasteiger partial charge < -0.3 is 9.26 Å². The van der Waals surface area contributed by atoms with Crippen LogP contribution in [0.5, 0.6) is 5.75 Å². The first-order valence-corrected chi connectivity index (χ1v) is 7.71. The van der Waals surface area contributed by atoms with Gasteiger partial charge in [-0.15, -0.1) is 0 Å². The van der Waals surface area contributed by atoms with Crippen LogP contribution >= 0.6 is 10.7 Å². The summed E-state index contributed by atoms with van der Waals surface area (Å²) in [5, 5.41) is 3.84. The number of hydrogen-bond acceptors (Lipinski definition) is 5. The van der Waals surface area contributed by atoms with E-state index in [4.69, 9.17) is 19.9 Å². The Hall–Kier alpha value is -1.53. The number of benzene rings is 1. The normalized spacial score (nSPS) is 11.6. The number of methoxy groups -OCH3 is 1. The first-order chi connectivity index (χ1) is 8.84. The molecular weight excluding hydrogens is 290 g/mol. The Morgan fingerprint density at radius 1 is 1.32 bits per heavy atom. The Bertz CT molecular complexity index is 721. The summed E-state index contributed by atoms with van der Waals surface area (Å²) in [4.78, 5) is -0.0948. The van der Waals surface area contributed by atoms with E-state index in [1.807, 2.05) is 13.8 Å². The van der Waals surface area contributed by atoms with Gasteiger partial charge in [0.05, 0.1) is 12.8 Å². The van der Waals surface area contributed by atoms with Gasteiger partial charge in [0.2, 0.25) is 0 Å². The van der Waals surface area contributed by atoms with Crippen LogP contribution in [0.1, 0.15) is 11.3 Å². The Balaban J connectivity index is 2.65. The summed E-state index contributed by atoms with van der Waals surface area (Å²) in [6.07, 6.45) is 0. The maximum absolute atomic E-state index is 11.5. The fourth-order valence-electron chi connectivity index (χ4n) is 1.69. The molecule has 0 aliphatic heterocycles. The third kappa shape index (κ3) is 2.59. The quantitative estimate of drug-likeness (QED) is 0.815. The van der Waals surface area contributed by atoms with Gasteiger partial charge >= 0.3 is 0 Å². The summed E-state index contributed by atoms with van der Waals surface area (Å²) in [6.45, 7) is 3.66. The van der Waals surface area contributed by atoms with Crippen molar-refractivity contribution in [1.82, 2.24) is 5.16 Å². The summed E-state index contributed by atoms with van der Waals surface area (Å²) in [5.74, 6) is 0.703. The van der Waals surface area contributed by atoms with E-state index in [1.54, 1.807) is 6.07 Å². The molecule has 0 amide bonds. The standard InChI is InChI=1S/C12H12ClNO4S/c1-7-8(2)14-18-12(7)9-4-5-10(17-3)11(6-9)19(13,15)16/h4-6H,1-3H3. The van der Waals surface area contributed by atoms with Gasteiger partial charge in [-0.1, -0.05) is 5.16 Å². The Kier molecular flexibility index (Phi) is 3.56. The van der Waals surface area contributed by atoms with Crippen molar-refractivity contribution in [2.45, 2.75) is 18.7 Å². The van der Waals surface area contributed by atoms with Crippen LogP contribution in [0, 0.1) is 13.8 Å². The van der Waals surface area contributed by atoms with Gasteiger partial charge in [0.15, 0.2) is 5.76 Å². The molecule has 0 radical (unpaired) electrons. The monoisotopic (exact) mass is 301 g/mol. The summed E-state index contributed by atoms with van der Waals surface area (Å²) in [7, 11) is 2.88. The number of hydrogen-bond donors (Lipinski definition) is 0. The number of rotatable bonds is 3. The summed E-state index contributed by atoms with van der Waals surface area (Å²) < 4.78 is 33.2. The highest BCUT2D eigenvalue weighted by Crippen LogP contribution is 2.33. The SMILES string of the molecule is COc1ccc(-c2onc(C)c2C)cc1S(=O)(=O)Cl. The summed E-state index contributed by atoms with van der Waals surface area (Å²) in [6, 6.07) is 4.63. The molecule has 0 saturated heterocycles. The molecule has 2 aromatic rings. The van der Waals surface area contributed by atoms with Crippen molar-refractivity contribution in [3.63, 3.8) is 0 Å². The van der Waals surface area contributed by atoms with Crippen molar-refractivity contribution in [1.29, 1.82) is 0 Å². The first kappa shape index (κ1) is 13.9. The molecule has 0 aliphatic rings. The van der Waals surface area contributed by atoms with E-state index in [2.05, 4.69) is 5.16 Å². The van der Waals surface area contributed by atoms with E-state index in [0.717, 1.165) is 11.3 Å². The number of aromatic nitrogens is 1. The second kappa shape index (κ2) is 4.86. The lowest BCUT2D eigenvalue weighted by Crippen LogP contribution is -1.96. The molecular formula is C12H12ClNO4S. The van der Waals surface area contributed by atoms with Crippen LogP contribution in [0.15, 0.2) is 27.6 Å². The molecule has 0 aliphatic carbocycles. The second-order valence-corrected chi connectivity index (χ2v) is 6.56. The van der Waals surface area contributed by atoms with Crippen molar-refractivity contribution in [2.75, 3.05) is 7.11 Å². The predicted molar refractivity (Wildman–Crippen MR) is 71.0 cm³/mol. The lowest BCUT2D eigenvalue weighted by molar-refractivity contribution is 0.402. The molecule has 0 N–H and O–H groups in total. The largest absolute Gasteiger partial charge is 0.495 e. The van der Waals surface area contributed by atoms with Gasteiger partial charge in [-0.25, -0.2) is 8.42 Å². The molecule has 2 rings (SSSR count). The van der Waals surface area contributed by atoms with Crippen LogP contribution in [-0.4, -0.2) is 20.7 Å². The maximum atomic E-state index is 11.5. The zero-order valence-electron chi connectivity index (χ0n) is 10.6. The fourth-order valence-corrected chi connectivity index (χ4v) is 2.71. The van der Waals surface area contributed by atoms with Gasteiger partial charge in [-0.2, -0.15) is 0 Å². The molecule has 5 nitrogen and oxygen atoms in total. The van der Waals surface area contributed by atoms with Gasteiger partial charge in [0.25, 0.3) is 9.05 Å². The average Bonchev–Trinajstić information content (AvgIpc) is 2.68. The minimum atomic E-state index is -3.90. The molecule has 102 valence electrons. The predicted octanol–water partition coefficient (Wildman–Crippen LogP) is 2.89. The zero-order valence-corrected chi connectivity index (χ0v) is 12.2. The molecule has 0 fully saturated rings. The molecule has 7 heteroatoms. The van der Waals surface area contributed by atoms with Gasteiger partial charge in [0.1, 0.15) is 10.6 Å². The Morgan fingerprint density at radius 2 is 2.00 bits per heavy atom. The summed E-state index contributed by atoms with van der Waals surface area (Å²) >= 11 is 0. The minimum absolute atomic E-state index is 0.0948. The van der Waals surface area contributed by atoms with Crippen LogP contribution in [0.25, 0.3) is 11.3 Å². The zero-order chi connectivity index (χ0) is 14.2. The van der Waals surface area contributed by atoms with Crippen molar-refractivity contribution in [3.05, 3.63) is 29.5 Å². The molecule has 0 spiro atoms. The minimum Gasteiger partial charge on any atom is -0.495 e. The van der Waals surface area contributed by atoms with Crippen LogP contribution in [0.2, 0.25) is 0 Å². The molecule has 0 bridgehead atoms. The lowest BCUT2D eigenvalue weighted by atomic mass is 10.1. The van der Waals surface area contributed by atoms with E-state index in [1.165, 1.54) is 19.2 Å². The van der Waals surface area contributed by atoms with Crippen LogP contribution < -0.4 is 4.74 Å². The molecule has 1 aromatic carbocycles. The molecule has 0 saturated carbocycles. The topological polar surface area (TPSA) is 69.4 Å². The van der Waals surface area contributed by atoms with Gasteiger partial charge in [-0.3, -0.25) is 0 Å². The van der Waals surface area contributed by atoms with Crippen LogP contribution in [0.4, 0.5) is 0 Å². The van der Waals surface area contributed by atoms with E-state index in [-0.39, 0.29) is 10.6 Å². The number of nitrogens with zero attached hydrogens (tertiary/aromatic N) is 1. The highest BCUT2D eigenvalue weighted by molar-refractivity contribution is 8.13. The van der Waals surface area contributed by atoms with Gasteiger partial charge in [-0.05, 0) is 32.0 Å². The first-order valence-electron chi connectivity index (χ1n) is 5.40. The van der Waals surface area contributed by atoms with Crippen LogP contribution in [-0.2, 0) is 9.05 Å². The number of halogens is 1. The molecule has 0 unspecified atom stereocenters. The van der Waals surface area contributed by atoms with E-state index in [9.17, 15) is 8.42 Å². The fraction of sp³-hybridized carbons (Fsp3) is 0.250. The highest BCUT2D eigenvalue weighted by Gasteiger charge is 2.20. The van der Waals surface area contributed by atoms with E-state index >= 15 is 0 Å². The third-order valence-corrected chi connectivity index (χ3v) is 4.19. The van der Waals surface area contributed by atoms with Crippen molar-refractivity contribution < 1.29 is 17.7 Å². The van der Waals surface area contributed by atoms with E-state index < -0.39 is 9.05 Å². The van der Waals surface area contributed by atoms with Gasteiger partial charge in [0, 0.05) is 21.8 Å². The number of aryl methyl sites for hydroxylation is 1. The average molecular weight is 302 g/mol. The Labute approximate surface area is 115 Å². The van der Waals surface area contributed by atoms with Crippen molar-refractivity contribution in [3.8, 4) is 17.1 Å². The molecule has 1 heterocycles. The van der Waals surface area contributed by atoms with Crippen molar-refractivity contribution >= 4 is 19.7 Å². The second-order valence-electron chi connectivity index (χ2n) is 4.03. The molecule has 19 heavy (non-hydrogen) atoms. The molecule has 1 aromatic heterocycles.